The summed E-state index contributed by atoms with van der Waals surface area (Å²) >= 11 is 0. The van der Waals surface area contributed by atoms with Gasteiger partial charge in [0.1, 0.15) is 12.9 Å². The molecule has 6 rings (SSSR count). The van der Waals surface area contributed by atoms with Gasteiger partial charge < -0.3 is 14.4 Å². The second kappa shape index (κ2) is 9.26. The maximum atomic E-state index is 13.2. The predicted molar refractivity (Wildman–Crippen MR) is 140 cm³/mol. The third-order valence-electron chi connectivity index (χ3n) is 7.11. The van der Waals surface area contributed by atoms with Gasteiger partial charge in [-0.1, -0.05) is 24.3 Å². The first-order valence-electron chi connectivity index (χ1n) is 12.2. The molecule has 9 nitrogen and oxygen atoms in total. The van der Waals surface area contributed by atoms with Crippen molar-refractivity contribution in [1.29, 1.82) is 0 Å². The normalized spacial score (nSPS) is 14.2. The summed E-state index contributed by atoms with van der Waals surface area (Å²) in [5, 5.41) is 0.878. The summed E-state index contributed by atoms with van der Waals surface area (Å²) in [5.74, 6) is 0.0688. The summed E-state index contributed by atoms with van der Waals surface area (Å²) in [6, 6.07) is 16.3. The van der Waals surface area contributed by atoms with Gasteiger partial charge in [-0.2, -0.15) is 0 Å². The summed E-state index contributed by atoms with van der Waals surface area (Å²) in [6.07, 6.45) is 2.80. The van der Waals surface area contributed by atoms with E-state index in [0.29, 0.717) is 42.0 Å². The van der Waals surface area contributed by atoms with Crippen molar-refractivity contribution >= 4 is 34.3 Å². The van der Waals surface area contributed by atoms with Gasteiger partial charge >= 0.3 is 0 Å². The van der Waals surface area contributed by atoms with E-state index in [9.17, 15) is 14.4 Å². The molecule has 0 radical (unpaired) electrons. The highest BCUT2D eigenvalue weighted by molar-refractivity contribution is 6.22. The monoisotopic (exact) mass is 508 g/mol. The Kier molecular flexibility index (Phi) is 5.75. The second-order valence-corrected chi connectivity index (χ2v) is 9.22. The van der Waals surface area contributed by atoms with Gasteiger partial charge in [-0.05, 0) is 41.8 Å². The Morgan fingerprint density at radius 1 is 0.921 bits per heavy atom. The Bertz CT molecular complexity index is 1600. The van der Waals surface area contributed by atoms with Crippen molar-refractivity contribution in [3.63, 3.8) is 0 Å². The van der Waals surface area contributed by atoms with Crippen molar-refractivity contribution in [2.24, 2.45) is 0 Å². The van der Waals surface area contributed by atoms with E-state index < -0.39 is 11.8 Å². The largest absolute Gasteiger partial charge is 0.493 e. The van der Waals surface area contributed by atoms with Crippen LogP contribution < -0.4 is 14.4 Å². The van der Waals surface area contributed by atoms with Gasteiger partial charge in [0.15, 0.2) is 11.5 Å². The van der Waals surface area contributed by atoms with Crippen molar-refractivity contribution in [2.75, 3.05) is 32.2 Å². The molecular weight excluding hydrogens is 484 g/mol. The number of amides is 3. The minimum atomic E-state index is -0.431. The molecule has 0 saturated carbocycles. The van der Waals surface area contributed by atoms with Gasteiger partial charge in [0.25, 0.3) is 11.8 Å². The number of hydrogen-bond acceptors (Lipinski definition) is 7. The molecule has 2 aliphatic rings. The van der Waals surface area contributed by atoms with Crippen LogP contribution in [0.1, 0.15) is 37.5 Å². The van der Waals surface area contributed by atoms with E-state index >= 15 is 0 Å². The first kappa shape index (κ1) is 23.6. The average molecular weight is 509 g/mol. The first-order valence-corrected chi connectivity index (χ1v) is 12.2. The Morgan fingerprint density at radius 3 is 2.34 bits per heavy atom. The third kappa shape index (κ3) is 3.83. The topological polar surface area (TPSA) is 102 Å². The molecule has 2 aliphatic heterocycles. The van der Waals surface area contributed by atoms with Crippen LogP contribution in [-0.4, -0.2) is 59.9 Å². The molecule has 3 heterocycles. The molecule has 0 aliphatic carbocycles. The molecule has 0 unspecified atom stereocenters. The smallest absolute Gasteiger partial charge is 0.262 e. The van der Waals surface area contributed by atoms with E-state index in [1.807, 2.05) is 24.3 Å². The lowest BCUT2D eigenvalue weighted by Crippen LogP contribution is -2.42. The second-order valence-electron chi connectivity index (χ2n) is 9.22. The Labute approximate surface area is 218 Å². The summed E-state index contributed by atoms with van der Waals surface area (Å²) in [6.45, 7) is 0.208. The van der Waals surface area contributed by atoms with Crippen molar-refractivity contribution < 1.29 is 23.9 Å². The van der Waals surface area contributed by atoms with Crippen molar-refractivity contribution in [3.8, 4) is 11.5 Å². The van der Waals surface area contributed by atoms with Crippen LogP contribution in [0.5, 0.6) is 11.5 Å². The summed E-state index contributed by atoms with van der Waals surface area (Å²) in [7, 11) is 3.18. The van der Waals surface area contributed by atoms with Gasteiger partial charge in [-0.25, -0.2) is 9.97 Å². The molecule has 4 aromatic rings. The van der Waals surface area contributed by atoms with E-state index in [2.05, 4.69) is 16.0 Å². The number of rotatable bonds is 6. The SMILES string of the molecule is COc1cc2ncnc(Cc3ccc4c(c3)CCN4C(=O)CN3C(=O)c4ccccc4C3=O)c2cc1OC. The summed E-state index contributed by atoms with van der Waals surface area (Å²) in [4.78, 5) is 50.2. The van der Waals surface area contributed by atoms with Crippen LogP contribution in [0, 0.1) is 0 Å². The fourth-order valence-electron chi connectivity index (χ4n) is 5.20. The van der Waals surface area contributed by atoms with Gasteiger partial charge in [0.2, 0.25) is 5.91 Å². The van der Waals surface area contributed by atoms with Crippen LogP contribution in [-0.2, 0) is 17.6 Å². The van der Waals surface area contributed by atoms with Crippen molar-refractivity contribution in [2.45, 2.75) is 12.8 Å². The molecule has 3 aromatic carbocycles. The number of benzene rings is 3. The van der Waals surface area contributed by atoms with Gasteiger partial charge in [0.05, 0.1) is 36.6 Å². The Hall–Kier alpha value is -4.79. The fourth-order valence-corrected chi connectivity index (χ4v) is 5.20. The average Bonchev–Trinajstić information content (AvgIpc) is 3.47. The van der Waals surface area contributed by atoms with Crippen LogP contribution in [0.25, 0.3) is 10.9 Å². The van der Waals surface area contributed by atoms with Crippen LogP contribution in [0.3, 0.4) is 0 Å². The highest BCUT2D eigenvalue weighted by Crippen LogP contribution is 2.34. The Balaban J connectivity index is 1.22. The zero-order valence-electron chi connectivity index (χ0n) is 20.9. The lowest BCUT2D eigenvalue weighted by atomic mass is 10.0. The van der Waals surface area contributed by atoms with Gasteiger partial charge in [0, 0.05) is 30.1 Å². The minimum absolute atomic E-state index is 0.283. The lowest BCUT2D eigenvalue weighted by molar-refractivity contribution is -0.118. The molecule has 0 bridgehead atoms. The molecule has 0 atom stereocenters. The maximum absolute atomic E-state index is 13.2. The number of imide groups is 1. The van der Waals surface area contributed by atoms with Gasteiger partial charge in [-0.3, -0.25) is 19.3 Å². The quantitative estimate of drug-likeness (QED) is 0.368. The number of anilines is 1. The number of carbonyl (C=O) groups is 3. The van der Waals surface area contributed by atoms with Crippen LogP contribution in [0.4, 0.5) is 5.69 Å². The third-order valence-corrected chi connectivity index (χ3v) is 7.11. The molecule has 0 spiro atoms. The number of methoxy groups -OCH3 is 2. The molecular formula is C29H24N4O5. The molecule has 0 fully saturated rings. The predicted octanol–water partition coefficient (Wildman–Crippen LogP) is 3.42. The summed E-state index contributed by atoms with van der Waals surface area (Å²) < 4.78 is 10.9. The highest BCUT2D eigenvalue weighted by Gasteiger charge is 2.38. The zero-order valence-corrected chi connectivity index (χ0v) is 20.9. The van der Waals surface area contributed by atoms with Crippen LogP contribution in [0.2, 0.25) is 0 Å². The number of hydrogen-bond donors (Lipinski definition) is 0. The van der Waals surface area contributed by atoms with Crippen LogP contribution >= 0.6 is 0 Å². The van der Waals surface area contributed by atoms with Crippen molar-refractivity contribution in [3.05, 3.63) is 88.9 Å². The Morgan fingerprint density at radius 2 is 1.63 bits per heavy atom. The number of fused-ring (bicyclic) bond motifs is 3. The highest BCUT2D eigenvalue weighted by atomic mass is 16.5. The van der Waals surface area contributed by atoms with E-state index in [0.717, 1.165) is 38.3 Å². The van der Waals surface area contributed by atoms with Crippen molar-refractivity contribution in [1.82, 2.24) is 14.9 Å². The van der Waals surface area contributed by atoms with E-state index in [1.54, 1.807) is 43.4 Å². The maximum Gasteiger partial charge on any atom is 0.262 e. The van der Waals surface area contributed by atoms with E-state index in [4.69, 9.17) is 9.47 Å². The molecule has 190 valence electrons. The fraction of sp³-hybridized carbons (Fsp3) is 0.207. The first-order chi connectivity index (χ1) is 18.5. The number of carbonyl (C=O) groups excluding carboxylic acids is 3. The molecule has 0 N–H and O–H groups in total. The molecule has 38 heavy (non-hydrogen) atoms. The minimum Gasteiger partial charge on any atom is -0.493 e. The van der Waals surface area contributed by atoms with E-state index in [1.165, 1.54) is 6.33 Å². The number of ether oxygens (including phenoxy) is 2. The zero-order chi connectivity index (χ0) is 26.4. The van der Waals surface area contributed by atoms with Gasteiger partial charge in [-0.15, -0.1) is 0 Å². The lowest BCUT2D eigenvalue weighted by Gasteiger charge is -2.21. The molecule has 0 saturated heterocycles. The number of nitrogens with zero attached hydrogens (tertiary/aromatic N) is 4. The standard InChI is InChI=1S/C29H24N4O5/c1-37-25-13-21-22(30-16-31-23(21)14-26(25)38-2)12-17-7-8-24-18(11-17)9-10-32(24)27(34)15-33-28(35)19-5-3-4-6-20(19)29(33)36/h3-8,11,13-14,16H,9-10,12,15H2,1-2H3. The summed E-state index contributed by atoms with van der Waals surface area (Å²) in [5.41, 5.74) is 5.18. The van der Waals surface area contributed by atoms with E-state index in [-0.39, 0.29) is 12.5 Å². The molecule has 1 aromatic heterocycles. The van der Waals surface area contributed by atoms with Crippen LogP contribution in [0.15, 0.2) is 60.9 Å². The molecule has 9 heteroatoms. The molecule has 3 amide bonds. The number of aromatic nitrogens is 2.